The monoisotopic (exact) mass is 435 g/mol. The van der Waals surface area contributed by atoms with Gasteiger partial charge in [0.05, 0.1) is 11.2 Å². The molecule has 2 aromatic carbocycles. The van der Waals surface area contributed by atoms with Crippen LogP contribution in [0, 0.1) is 6.92 Å². The van der Waals surface area contributed by atoms with Gasteiger partial charge in [-0.2, -0.15) is 0 Å². The van der Waals surface area contributed by atoms with Gasteiger partial charge in [-0.05, 0) is 63.3 Å². The summed E-state index contributed by atoms with van der Waals surface area (Å²) in [6.45, 7) is 14.5. The molecule has 2 aliphatic heterocycles. The molecular weight excluding hydrogens is 401 g/mol. The normalized spacial score (nSPS) is 20.4. The van der Waals surface area contributed by atoms with Crippen LogP contribution in [-0.4, -0.2) is 60.3 Å². The van der Waals surface area contributed by atoms with Gasteiger partial charge in [0.25, 0.3) is 0 Å². The number of anilines is 1. The first-order valence-electron chi connectivity index (χ1n) is 11.4. The number of hydrogen-bond donors (Lipinski definition) is 1. The Balaban J connectivity index is 1.28. The maximum atomic E-state index is 12.7. The number of hydrogen-bond acceptors (Lipinski definition) is 4. The quantitative estimate of drug-likeness (QED) is 0.746. The molecule has 0 aromatic heterocycles. The van der Waals surface area contributed by atoms with Crippen molar-refractivity contribution in [2.75, 3.05) is 31.5 Å². The van der Waals surface area contributed by atoms with Crippen molar-refractivity contribution in [3.8, 4) is 0 Å². The molecule has 2 aliphatic rings. The van der Waals surface area contributed by atoms with Crippen molar-refractivity contribution >= 4 is 24.3 Å². The topological polar surface area (TPSA) is 54.0 Å². The number of carbonyl (C=O) groups excluding carboxylic acids is 1. The van der Waals surface area contributed by atoms with Crippen LogP contribution < -0.4 is 10.8 Å². The number of rotatable bonds is 4. The van der Waals surface area contributed by atoms with Crippen LogP contribution in [0.2, 0.25) is 0 Å². The summed E-state index contributed by atoms with van der Waals surface area (Å²) in [5.74, 6) is 0. The van der Waals surface area contributed by atoms with Gasteiger partial charge in [0.2, 0.25) is 0 Å². The maximum Gasteiger partial charge on any atom is 0.494 e. The molecule has 0 atom stereocenters. The zero-order chi connectivity index (χ0) is 22.9. The van der Waals surface area contributed by atoms with Crippen LogP contribution in [0.5, 0.6) is 0 Å². The van der Waals surface area contributed by atoms with E-state index in [4.69, 9.17) is 9.31 Å². The van der Waals surface area contributed by atoms with Crippen molar-refractivity contribution in [2.24, 2.45) is 0 Å². The minimum absolute atomic E-state index is 0.0519. The molecule has 0 radical (unpaired) electrons. The number of nitrogens with zero attached hydrogens (tertiary/aromatic N) is 2. The van der Waals surface area contributed by atoms with Crippen LogP contribution in [0.25, 0.3) is 0 Å². The second-order valence-corrected chi connectivity index (χ2v) is 9.83. The van der Waals surface area contributed by atoms with Crippen molar-refractivity contribution in [2.45, 2.75) is 52.4 Å². The van der Waals surface area contributed by atoms with Gasteiger partial charge in [-0.15, -0.1) is 0 Å². The van der Waals surface area contributed by atoms with Gasteiger partial charge in [0.1, 0.15) is 0 Å². The standard InChI is InChI=1S/C25H34BN3O3/c1-19-8-6-7-9-20(19)18-28-14-16-29(17-15-28)23(30)27-22-12-10-21(11-13-22)26-31-24(2,3)25(4,5)32-26/h6-13H,14-18H2,1-5H3,(H,27,30). The van der Waals surface area contributed by atoms with E-state index >= 15 is 0 Å². The summed E-state index contributed by atoms with van der Waals surface area (Å²) in [5, 5.41) is 3.02. The molecule has 6 nitrogen and oxygen atoms in total. The van der Waals surface area contributed by atoms with Gasteiger partial charge < -0.3 is 19.5 Å². The van der Waals surface area contributed by atoms with Crippen LogP contribution in [0.4, 0.5) is 10.5 Å². The molecule has 2 aromatic rings. The van der Waals surface area contributed by atoms with Crippen molar-refractivity contribution in [1.29, 1.82) is 0 Å². The Labute approximate surface area is 192 Å². The van der Waals surface area contributed by atoms with Gasteiger partial charge >= 0.3 is 13.1 Å². The fourth-order valence-corrected chi connectivity index (χ4v) is 4.04. The van der Waals surface area contributed by atoms with E-state index in [0.717, 1.165) is 43.9 Å². The summed E-state index contributed by atoms with van der Waals surface area (Å²) in [4.78, 5) is 17.0. The van der Waals surface area contributed by atoms with Gasteiger partial charge in [0.15, 0.2) is 0 Å². The number of amides is 2. The fourth-order valence-electron chi connectivity index (χ4n) is 4.04. The van der Waals surface area contributed by atoms with Crippen LogP contribution in [0.1, 0.15) is 38.8 Å². The van der Waals surface area contributed by atoms with E-state index in [2.05, 4.69) is 41.4 Å². The third-order valence-corrected chi connectivity index (χ3v) is 7.00. The van der Waals surface area contributed by atoms with Gasteiger partial charge in [-0.3, -0.25) is 4.90 Å². The molecule has 170 valence electrons. The highest BCUT2D eigenvalue weighted by molar-refractivity contribution is 6.62. The van der Waals surface area contributed by atoms with Gasteiger partial charge in [-0.1, -0.05) is 36.4 Å². The lowest BCUT2D eigenvalue weighted by molar-refractivity contribution is 0.00578. The summed E-state index contributed by atoms with van der Waals surface area (Å²) in [6.07, 6.45) is 0. The van der Waals surface area contributed by atoms with E-state index in [0.29, 0.717) is 0 Å². The first-order valence-corrected chi connectivity index (χ1v) is 11.4. The number of nitrogens with one attached hydrogen (secondary N) is 1. The summed E-state index contributed by atoms with van der Waals surface area (Å²) < 4.78 is 12.2. The lowest BCUT2D eigenvalue weighted by Gasteiger charge is -2.35. The molecule has 2 heterocycles. The number of aryl methyl sites for hydroxylation is 1. The Morgan fingerprint density at radius 1 is 0.938 bits per heavy atom. The lowest BCUT2D eigenvalue weighted by Crippen LogP contribution is -2.49. The average molecular weight is 435 g/mol. The van der Waals surface area contributed by atoms with Crippen LogP contribution in [0.15, 0.2) is 48.5 Å². The highest BCUT2D eigenvalue weighted by Gasteiger charge is 2.51. The minimum Gasteiger partial charge on any atom is -0.399 e. The van der Waals surface area contributed by atoms with E-state index in [-0.39, 0.29) is 17.2 Å². The van der Waals surface area contributed by atoms with Crippen molar-refractivity contribution < 1.29 is 14.1 Å². The largest absolute Gasteiger partial charge is 0.494 e. The van der Waals surface area contributed by atoms with Gasteiger partial charge in [-0.25, -0.2) is 4.79 Å². The predicted molar refractivity (Wildman–Crippen MR) is 129 cm³/mol. The molecule has 2 saturated heterocycles. The van der Waals surface area contributed by atoms with E-state index in [1.807, 2.05) is 56.9 Å². The first-order chi connectivity index (χ1) is 15.1. The fraction of sp³-hybridized carbons (Fsp3) is 0.480. The summed E-state index contributed by atoms with van der Waals surface area (Å²) in [6, 6.07) is 16.2. The number of urea groups is 1. The van der Waals surface area contributed by atoms with Crippen molar-refractivity contribution in [1.82, 2.24) is 9.80 Å². The van der Waals surface area contributed by atoms with Gasteiger partial charge in [0, 0.05) is 38.4 Å². The third kappa shape index (κ3) is 4.85. The molecule has 4 rings (SSSR count). The lowest BCUT2D eigenvalue weighted by atomic mass is 9.79. The maximum absolute atomic E-state index is 12.7. The summed E-state index contributed by atoms with van der Waals surface area (Å²) in [7, 11) is -0.397. The SMILES string of the molecule is Cc1ccccc1CN1CCN(C(=O)Nc2ccc(B3OC(C)(C)C(C)(C)O3)cc2)CC1. The first kappa shape index (κ1) is 22.8. The average Bonchev–Trinajstić information content (AvgIpc) is 2.98. The zero-order valence-corrected chi connectivity index (χ0v) is 19.9. The second kappa shape index (κ2) is 8.89. The van der Waals surface area contributed by atoms with E-state index < -0.39 is 7.12 Å². The number of benzene rings is 2. The Morgan fingerprint density at radius 3 is 2.12 bits per heavy atom. The minimum atomic E-state index is -0.397. The van der Waals surface area contributed by atoms with Crippen LogP contribution >= 0.6 is 0 Å². The molecule has 7 heteroatoms. The highest BCUT2D eigenvalue weighted by Crippen LogP contribution is 2.36. The number of carbonyl (C=O) groups is 1. The molecule has 1 N–H and O–H groups in total. The van der Waals surface area contributed by atoms with Crippen molar-refractivity contribution in [3.05, 3.63) is 59.7 Å². The summed E-state index contributed by atoms with van der Waals surface area (Å²) in [5.41, 5.74) is 3.66. The number of piperazine rings is 1. The predicted octanol–water partition coefficient (Wildman–Crippen LogP) is 3.64. The molecule has 32 heavy (non-hydrogen) atoms. The molecule has 0 aliphatic carbocycles. The van der Waals surface area contributed by atoms with E-state index in [9.17, 15) is 4.79 Å². The van der Waals surface area contributed by atoms with Crippen molar-refractivity contribution in [3.63, 3.8) is 0 Å². The molecule has 0 unspecified atom stereocenters. The molecule has 2 amide bonds. The summed E-state index contributed by atoms with van der Waals surface area (Å²) >= 11 is 0. The zero-order valence-electron chi connectivity index (χ0n) is 19.9. The Kier molecular flexibility index (Phi) is 6.34. The van der Waals surface area contributed by atoms with E-state index in [1.54, 1.807) is 0 Å². The molecule has 0 saturated carbocycles. The molecular formula is C25H34BN3O3. The Morgan fingerprint density at radius 2 is 1.53 bits per heavy atom. The van der Waals surface area contributed by atoms with Crippen LogP contribution in [-0.2, 0) is 15.9 Å². The second-order valence-electron chi connectivity index (χ2n) is 9.83. The van der Waals surface area contributed by atoms with E-state index in [1.165, 1.54) is 11.1 Å². The Hall–Kier alpha value is -2.35. The smallest absolute Gasteiger partial charge is 0.399 e. The van der Waals surface area contributed by atoms with Crippen LogP contribution in [0.3, 0.4) is 0 Å². The Bertz CT molecular complexity index is 937. The molecule has 0 spiro atoms. The molecule has 2 fully saturated rings. The third-order valence-electron chi connectivity index (χ3n) is 7.00. The molecule has 0 bridgehead atoms. The highest BCUT2D eigenvalue weighted by atomic mass is 16.7.